The molecule has 2 N–H and O–H groups in total. The normalized spacial score (nSPS) is 13.4. The highest BCUT2D eigenvalue weighted by molar-refractivity contribution is 7.93. The molecule has 0 aliphatic carbocycles. The molecule has 0 unspecified atom stereocenters. The predicted octanol–water partition coefficient (Wildman–Crippen LogP) is 6.77. The molecule has 0 atom stereocenters. The molecule has 0 radical (unpaired) electrons. The van der Waals surface area contributed by atoms with Crippen LogP contribution in [0.25, 0.3) is 0 Å². The fourth-order valence-corrected chi connectivity index (χ4v) is 8.27. The maximum atomic E-state index is 13.8. The van der Waals surface area contributed by atoms with Gasteiger partial charge in [-0.15, -0.1) is 6.58 Å². The summed E-state index contributed by atoms with van der Waals surface area (Å²) in [5.74, 6) is -0.259. The molecule has 47 heavy (non-hydrogen) atoms. The van der Waals surface area contributed by atoms with Crippen LogP contribution in [0, 0.1) is 0 Å². The smallest absolute Gasteiger partial charge is 0.264 e. The van der Waals surface area contributed by atoms with E-state index in [4.69, 9.17) is 16.3 Å². The van der Waals surface area contributed by atoms with Gasteiger partial charge >= 0.3 is 0 Å². The van der Waals surface area contributed by atoms with Gasteiger partial charge in [0.25, 0.3) is 26.0 Å². The molecule has 1 fully saturated rings. The number of carbonyl (C=O) groups excluding carboxylic acids is 1. The van der Waals surface area contributed by atoms with Crippen LogP contribution in [-0.4, -0.2) is 49.5 Å². The summed E-state index contributed by atoms with van der Waals surface area (Å²) < 4.78 is 64.3. The number of benzene rings is 4. The predicted molar refractivity (Wildman–Crippen MR) is 187 cm³/mol. The number of anilines is 4. The van der Waals surface area contributed by atoms with E-state index in [1.165, 1.54) is 43.5 Å². The van der Waals surface area contributed by atoms with Crippen LogP contribution >= 0.6 is 11.6 Å². The van der Waals surface area contributed by atoms with Crippen molar-refractivity contribution in [2.24, 2.45) is 0 Å². The lowest BCUT2D eigenvalue weighted by Gasteiger charge is -2.30. The molecule has 0 saturated carbocycles. The van der Waals surface area contributed by atoms with Gasteiger partial charge in [-0.1, -0.05) is 35.9 Å². The van der Waals surface area contributed by atoms with E-state index in [2.05, 4.69) is 16.6 Å². The van der Waals surface area contributed by atoms with Gasteiger partial charge in [-0.05, 0) is 92.1 Å². The van der Waals surface area contributed by atoms with Crippen LogP contribution in [-0.2, 0) is 20.0 Å². The number of para-hydroxylation sites is 2. The zero-order valence-corrected chi connectivity index (χ0v) is 28.1. The number of nitrogens with zero attached hydrogens (tertiary/aromatic N) is 2. The van der Waals surface area contributed by atoms with Crippen LogP contribution in [0.1, 0.15) is 29.6 Å². The van der Waals surface area contributed by atoms with Gasteiger partial charge < -0.3 is 15.0 Å². The van der Waals surface area contributed by atoms with E-state index in [1.54, 1.807) is 60.7 Å². The Morgan fingerprint density at radius 1 is 0.915 bits per heavy atom. The number of hydrogen-bond acceptors (Lipinski definition) is 7. The largest absolute Gasteiger partial charge is 0.495 e. The lowest BCUT2D eigenvalue weighted by Crippen LogP contribution is -2.31. The van der Waals surface area contributed by atoms with Crippen LogP contribution in [0.2, 0.25) is 5.02 Å². The molecule has 5 rings (SSSR count). The first kappa shape index (κ1) is 33.8. The maximum Gasteiger partial charge on any atom is 0.264 e. The molecule has 1 aliphatic rings. The quantitative estimate of drug-likeness (QED) is 0.157. The van der Waals surface area contributed by atoms with Crippen molar-refractivity contribution in [3.63, 3.8) is 0 Å². The highest BCUT2D eigenvalue weighted by atomic mass is 35.5. The molecule has 4 aromatic rings. The van der Waals surface area contributed by atoms with Crippen LogP contribution in [0.5, 0.6) is 5.75 Å². The topological polar surface area (TPSA) is 125 Å². The van der Waals surface area contributed by atoms with Gasteiger partial charge in [0, 0.05) is 35.1 Å². The Morgan fingerprint density at radius 3 is 2.32 bits per heavy atom. The second kappa shape index (κ2) is 14.5. The minimum atomic E-state index is -4.15. The Bertz CT molecular complexity index is 1980. The second-order valence-corrected chi connectivity index (χ2v) is 14.8. The van der Waals surface area contributed by atoms with E-state index in [1.807, 2.05) is 4.90 Å². The van der Waals surface area contributed by atoms with Gasteiger partial charge in [0.05, 0.1) is 29.9 Å². The molecule has 0 spiro atoms. The van der Waals surface area contributed by atoms with Crippen LogP contribution in [0.15, 0.2) is 113 Å². The number of sulfonamides is 2. The lowest BCUT2D eigenvalue weighted by atomic mass is 10.1. The summed E-state index contributed by atoms with van der Waals surface area (Å²) in [6.45, 7) is 5.07. The number of rotatable bonds is 12. The van der Waals surface area contributed by atoms with E-state index < -0.39 is 26.0 Å². The number of hydrogen-bond donors (Lipinski definition) is 2. The van der Waals surface area contributed by atoms with Crippen LogP contribution in [0.4, 0.5) is 22.7 Å². The third kappa shape index (κ3) is 7.73. The maximum absolute atomic E-state index is 13.8. The Balaban J connectivity index is 1.46. The average Bonchev–Trinajstić information content (AvgIpc) is 3.08. The van der Waals surface area contributed by atoms with E-state index >= 15 is 0 Å². The van der Waals surface area contributed by atoms with Gasteiger partial charge in [0.1, 0.15) is 10.6 Å². The third-order valence-corrected chi connectivity index (χ3v) is 11.1. The third-order valence-electron chi connectivity index (χ3n) is 7.63. The van der Waals surface area contributed by atoms with Crippen molar-refractivity contribution in [3.8, 4) is 5.75 Å². The molecular formula is C34H35ClN4O6S2. The molecule has 0 aromatic heterocycles. The molecule has 246 valence electrons. The molecule has 0 bridgehead atoms. The monoisotopic (exact) mass is 694 g/mol. The summed E-state index contributed by atoms with van der Waals surface area (Å²) in [6, 6.07) is 23.4. The van der Waals surface area contributed by atoms with Gasteiger partial charge in [0.2, 0.25) is 0 Å². The molecule has 10 nitrogen and oxygen atoms in total. The van der Waals surface area contributed by atoms with Gasteiger partial charge in [-0.2, -0.15) is 0 Å². The Morgan fingerprint density at radius 2 is 1.62 bits per heavy atom. The Kier molecular flexibility index (Phi) is 10.4. The van der Waals surface area contributed by atoms with E-state index in [9.17, 15) is 21.6 Å². The minimum absolute atomic E-state index is 0.000328. The number of carbonyl (C=O) groups is 1. The lowest BCUT2D eigenvalue weighted by molar-refractivity contribution is 0.102. The number of piperidine rings is 1. The first-order valence-electron chi connectivity index (χ1n) is 14.9. The summed E-state index contributed by atoms with van der Waals surface area (Å²) in [6.07, 6.45) is 4.39. The average molecular weight is 695 g/mol. The second-order valence-electron chi connectivity index (χ2n) is 10.8. The van der Waals surface area contributed by atoms with E-state index in [0.29, 0.717) is 40.9 Å². The van der Waals surface area contributed by atoms with Gasteiger partial charge in [0.15, 0.2) is 0 Å². The van der Waals surface area contributed by atoms with Crippen molar-refractivity contribution < 1.29 is 26.4 Å². The first-order chi connectivity index (χ1) is 22.5. The van der Waals surface area contributed by atoms with Gasteiger partial charge in [-0.25, -0.2) is 16.8 Å². The molecule has 13 heteroatoms. The van der Waals surface area contributed by atoms with Crippen molar-refractivity contribution in [2.45, 2.75) is 29.1 Å². The number of ether oxygens (including phenoxy) is 1. The Labute approximate surface area is 280 Å². The molecule has 1 saturated heterocycles. The standard InChI is InChI=1S/C34H35ClN4O6S2/c1-3-20-39(30-12-5-6-13-32(30)45-2)47(43,44)29-11-9-10-25(23-29)34(40)36-28-18-19-31(38-21-7-4-8-22-38)33(24-28)46(41,42)37-27-16-14-26(35)15-17-27/h3,5-6,9-19,23-24,37H,1,4,7-8,20-22H2,2H3,(H,36,40). The summed E-state index contributed by atoms with van der Waals surface area (Å²) in [5, 5.41) is 3.21. The molecular weight excluding hydrogens is 660 g/mol. The molecule has 1 amide bonds. The number of amides is 1. The first-order valence-corrected chi connectivity index (χ1v) is 18.2. The van der Waals surface area contributed by atoms with E-state index in [-0.39, 0.29) is 27.6 Å². The molecule has 1 aliphatic heterocycles. The summed E-state index contributed by atoms with van der Waals surface area (Å²) in [7, 11) is -6.79. The van der Waals surface area contributed by atoms with Crippen LogP contribution < -0.4 is 24.0 Å². The van der Waals surface area contributed by atoms with Crippen molar-refractivity contribution in [3.05, 3.63) is 114 Å². The minimum Gasteiger partial charge on any atom is -0.495 e. The zero-order chi connectivity index (χ0) is 33.6. The number of halogens is 1. The molecule has 4 aromatic carbocycles. The highest BCUT2D eigenvalue weighted by Crippen LogP contribution is 2.34. The van der Waals surface area contributed by atoms with Crippen molar-refractivity contribution in [1.29, 1.82) is 0 Å². The summed E-state index contributed by atoms with van der Waals surface area (Å²) in [4.78, 5) is 15.4. The fraction of sp³-hybridized carbons (Fsp3) is 0.206. The Hall–Kier alpha value is -4.52. The van der Waals surface area contributed by atoms with Crippen LogP contribution in [0.3, 0.4) is 0 Å². The molecule has 1 heterocycles. The van der Waals surface area contributed by atoms with Crippen molar-refractivity contribution in [1.82, 2.24) is 0 Å². The van der Waals surface area contributed by atoms with Gasteiger partial charge in [-0.3, -0.25) is 13.8 Å². The number of methoxy groups -OCH3 is 1. The van der Waals surface area contributed by atoms with Crippen molar-refractivity contribution >= 4 is 60.3 Å². The highest BCUT2D eigenvalue weighted by Gasteiger charge is 2.28. The fourth-order valence-electron chi connectivity index (χ4n) is 5.34. The van der Waals surface area contributed by atoms with E-state index in [0.717, 1.165) is 23.6 Å². The SMILES string of the molecule is C=CCN(c1ccccc1OC)S(=O)(=O)c1cccc(C(=O)Nc2ccc(N3CCCCC3)c(S(=O)(=O)Nc3ccc(Cl)cc3)c2)c1. The summed E-state index contributed by atoms with van der Waals surface area (Å²) in [5.41, 5.74) is 1.47. The number of nitrogens with one attached hydrogen (secondary N) is 2. The van der Waals surface area contributed by atoms with Crippen molar-refractivity contribution in [2.75, 3.05) is 46.0 Å². The summed E-state index contributed by atoms with van der Waals surface area (Å²) >= 11 is 5.98. The zero-order valence-electron chi connectivity index (χ0n) is 25.7.